The first kappa shape index (κ1) is 16.3. The normalized spacial score (nSPS) is 14.1. The Balaban J connectivity index is 5.69. The van der Waals surface area contributed by atoms with Crippen molar-refractivity contribution in [3.8, 4) is 0 Å². The summed E-state index contributed by atoms with van der Waals surface area (Å²) in [5, 5.41) is 0. The molecule has 0 heterocycles. The molecular weight excluding hydrogens is 254 g/mol. The minimum atomic E-state index is -3.57. The van der Waals surface area contributed by atoms with Gasteiger partial charge in [0.2, 0.25) is 0 Å². The second-order valence-corrected chi connectivity index (χ2v) is 9.07. The Hall–Kier alpha value is 0.300. The maximum absolute atomic E-state index is 12.4. The fourth-order valence-electron chi connectivity index (χ4n) is 1.47. The Morgan fingerprint density at radius 3 is 1.25 bits per heavy atom. The van der Waals surface area contributed by atoms with E-state index in [2.05, 4.69) is 0 Å². The highest BCUT2D eigenvalue weighted by molar-refractivity contribution is 7.74. The highest BCUT2D eigenvalue weighted by atomic mass is 31.2. The summed E-state index contributed by atoms with van der Waals surface area (Å²) in [6, 6.07) is 0. The first-order chi connectivity index (χ1) is 7.30. The van der Waals surface area contributed by atoms with Gasteiger partial charge in [0.15, 0.2) is 4.90 Å². The summed E-state index contributed by atoms with van der Waals surface area (Å²) in [5.41, 5.74) is 0. The summed E-state index contributed by atoms with van der Waals surface area (Å²) in [7, 11) is -2.17. The van der Waals surface area contributed by atoms with Crippen LogP contribution in [0.2, 0.25) is 0 Å². The van der Waals surface area contributed by atoms with Crippen molar-refractivity contribution in [1.82, 2.24) is 0 Å². The summed E-state index contributed by atoms with van der Waals surface area (Å²) in [5.74, 6) is 0. The van der Waals surface area contributed by atoms with Gasteiger partial charge in [0.1, 0.15) is 0 Å². The lowest BCUT2D eigenvalue weighted by atomic mass is 10.4. The molecule has 0 spiro atoms. The van der Waals surface area contributed by atoms with Crippen LogP contribution in [0.3, 0.4) is 0 Å². The molecule has 0 amide bonds. The van der Waals surface area contributed by atoms with Gasteiger partial charge in [-0.2, -0.15) is 0 Å². The van der Waals surface area contributed by atoms with Crippen LogP contribution in [0, 0.1) is 0 Å². The van der Waals surface area contributed by atoms with Crippen LogP contribution in [-0.2, 0) is 27.2 Å². The van der Waals surface area contributed by atoms with E-state index in [4.69, 9.17) is 18.1 Å². The van der Waals surface area contributed by atoms with E-state index < -0.39 is 20.1 Å². The maximum Gasteiger partial charge on any atom is 0.348 e. The fourth-order valence-corrected chi connectivity index (χ4v) is 6.30. The van der Waals surface area contributed by atoms with Crippen LogP contribution < -0.4 is 0 Å². The Labute approximate surface area is 96.7 Å². The van der Waals surface area contributed by atoms with E-state index in [0.717, 1.165) is 0 Å². The third kappa shape index (κ3) is 2.28. The van der Waals surface area contributed by atoms with Crippen molar-refractivity contribution >= 4 is 15.2 Å². The largest absolute Gasteiger partial charge is 0.348 e. The fraction of sp³-hybridized carbons (Fsp3) is 1.00. The Kier molecular flexibility index (Phi) is 5.87. The molecule has 0 saturated heterocycles. The van der Waals surface area contributed by atoms with Gasteiger partial charge in [-0.1, -0.05) is 6.92 Å². The van der Waals surface area contributed by atoms with Crippen LogP contribution in [0.5, 0.6) is 0 Å². The van der Waals surface area contributed by atoms with E-state index in [-0.39, 0.29) is 6.42 Å². The first-order valence-electron chi connectivity index (χ1n) is 4.74. The van der Waals surface area contributed by atoms with E-state index in [1.165, 1.54) is 35.4 Å². The number of hydrogen-bond acceptors (Lipinski definition) is 6. The van der Waals surface area contributed by atoms with E-state index in [1.807, 2.05) is 0 Å². The molecule has 6 nitrogen and oxygen atoms in total. The van der Waals surface area contributed by atoms with Crippen LogP contribution in [0.25, 0.3) is 0 Å². The molecule has 8 heteroatoms. The van der Waals surface area contributed by atoms with Gasteiger partial charge in [0.25, 0.3) is 0 Å². The van der Waals surface area contributed by atoms with Gasteiger partial charge in [-0.25, -0.2) is 0 Å². The molecule has 0 radical (unpaired) electrons. The maximum atomic E-state index is 12.4. The minimum absolute atomic E-state index is 0.269. The van der Waals surface area contributed by atoms with E-state index in [0.29, 0.717) is 0 Å². The zero-order valence-corrected chi connectivity index (χ0v) is 12.3. The molecule has 0 aliphatic heterocycles. The summed E-state index contributed by atoms with van der Waals surface area (Å²) < 4.78 is 44.4. The van der Waals surface area contributed by atoms with Gasteiger partial charge in [-0.3, -0.25) is 9.13 Å². The van der Waals surface area contributed by atoms with Crippen LogP contribution in [0.1, 0.15) is 20.3 Å². The molecule has 0 unspecified atom stereocenters. The Morgan fingerprint density at radius 1 is 0.875 bits per heavy atom. The minimum Gasteiger partial charge on any atom is -0.311 e. The standard InChI is InChI=1S/C8H20O6P2/c1-7-8(2,15(9,11-3)12-4)16(10,13-5)14-6/h7H2,1-6H3. The second kappa shape index (κ2) is 5.76. The topological polar surface area (TPSA) is 71.1 Å². The van der Waals surface area contributed by atoms with Crippen molar-refractivity contribution in [2.75, 3.05) is 28.4 Å². The third-order valence-electron chi connectivity index (χ3n) is 2.81. The molecule has 0 aromatic heterocycles. The summed E-state index contributed by atoms with van der Waals surface area (Å²) >= 11 is 0. The number of rotatable bonds is 7. The molecule has 0 N–H and O–H groups in total. The molecule has 0 saturated carbocycles. The van der Waals surface area contributed by atoms with Gasteiger partial charge in [-0.15, -0.1) is 0 Å². The summed E-state index contributed by atoms with van der Waals surface area (Å²) in [6.07, 6.45) is 0.269. The SMILES string of the molecule is CCC(C)(P(=O)(OC)OC)P(=O)(OC)OC. The van der Waals surface area contributed by atoms with Crippen molar-refractivity contribution in [2.24, 2.45) is 0 Å². The molecule has 0 atom stereocenters. The molecule has 0 aromatic carbocycles. The van der Waals surface area contributed by atoms with Crippen LogP contribution in [0.4, 0.5) is 0 Å². The zero-order chi connectivity index (χ0) is 13.0. The predicted octanol–water partition coefficient (Wildman–Crippen LogP) is 3.08. The quantitative estimate of drug-likeness (QED) is 0.664. The average Bonchev–Trinajstić information content (AvgIpc) is 2.35. The van der Waals surface area contributed by atoms with Gasteiger partial charge >= 0.3 is 15.2 Å². The van der Waals surface area contributed by atoms with Crippen molar-refractivity contribution in [1.29, 1.82) is 0 Å². The van der Waals surface area contributed by atoms with Crippen molar-refractivity contribution in [3.63, 3.8) is 0 Å². The molecule has 0 rings (SSSR count). The van der Waals surface area contributed by atoms with Crippen molar-refractivity contribution < 1.29 is 27.2 Å². The smallest absolute Gasteiger partial charge is 0.311 e. The lowest BCUT2D eigenvalue weighted by Crippen LogP contribution is -2.27. The molecular formula is C8H20O6P2. The van der Waals surface area contributed by atoms with Gasteiger partial charge in [-0.05, 0) is 13.3 Å². The van der Waals surface area contributed by atoms with E-state index in [9.17, 15) is 9.13 Å². The molecule has 16 heavy (non-hydrogen) atoms. The molecule has 0 fully saturated rings. The highest BCUT2D eigenvalue weighted by Gasteiger charge is 2.59. The summed E-state index contributed by atoms with van der Waals surface area (Å²) in [6.45, 7) is 3.23. The predicted molar refractivity (Wildman–Crippen MR) is 61.9 cm³/mol. The highest BCUT2D eigenvalue weighted by Crippen LogP contribution is 2.77. The molecule has 0 bridgehead atoms. The van der Waals surface area contributed by atoms with E-state index in [1.54, 1.807) is 6.92 Å². The van der Waals surface area contributed by atoms with Gasteiger partial charge < -0.3 is 18.1 Å². The number of hydrogen-bond donors (Lipinski definition) is 0. The molecule has 0 aliphatic carbocycles. The molecule has 0 aromatic rings. The van der Waals surface area contributed by atoms with Gasteiger partial charge in [0.05, 0.1) is 0 Å². The summed E-state index contributed by atoms with van der Waals surface area (Å²) in [4.78, 5) is -1.33. The third-order valence-corrected chi connectivity index (χ3v) is 9.20. The van der Waals surface area contributed by atoms with Crippen molar-refractivity contribution in [3.05, 3.63) is 0 Å². The van der Waals surface area contributed by atoms with Gasteiger partial charge in [0, 0.05) is 28.4 Å². The van der Waals surface area contributed by atoms with Crippen molar-refractivity contribution in [2.45, 2.75) is 25.2 Å². The van der Waals surface area contributed by atoms with Crippen LogP contribution >= 0.6 is 15.2 Å². The lowest BCUT2D eigenvalue weighted by molar-refractivity contribution is 0.226. The zero-order valence-electron chi connectivity index (χ0n) is 10.6. The van der Waals surface area contributed by atoms with Crippen LogP contribution in [-0.4, -0.2) is 33.3 Å². The molecule has 98 valence electrons. The van der Waals surface area contributed by atoms with Crippen LogP contribution in [0.15, 0.2) is 0 Å². The average molecular weight is 274 g/mol. The monoisotopic (exact) mass is 274 g/mol. The van der Waals surface area contributed by atoms with E-state index >= 15 is 0 Å². The first-order valence-corrected chi connectivity index (χ1v) is 7.82. The second-order valence-electron chi connectivity index (χ2n) is 3.30. The molecule has 0 aliphatic rings. The Bertz CT molecular complexity index is 274. The lowest BCUT2D eigenvalue weighted by Gasteiger charge is -2.37. The Morgan fingerprint density at radius 2 is 1.12 bits per heavy atom.